The van der Waals surface area contributed by atoms with Gasteiger partial charge in [0.1, 0.15) is 5.82 Å². The Morgan fingerprint density at radius 2 is 1.94 bits per heavy atom. The third-order valence-corrected chi connectivity index (χ3v) is 2.49. The molecule has 0 spiro atoms. The lowest BCUT2D eigenvalue weighted by atomic mass is 10.1. The lowest BCUT2D eigenvalue weighted by molar-refractivity contribution is 0.199. The molecule has 2 nitrogen and oxygen atoms in total. The molecule has 0 bridgehead atoms. The molecule has 0 saturated heterocycles. The van der Waals surface area contributed by atoms with E-state index in [-0.39, 0.29) is 5.82 Å². The number of hydrogen-bond donors (Lipinski definition) is 1. The van der Waals surface area contributed by atoms with E-state index in [4.69, 9.17) is 0 Å². The Bertz CT molecular complexity index is 350. The number of anilines is 1. The van der Waals surface area contributed by atoms with E-state index >= 15 is 0 Å². The Morgan fingerprint density at radius 3 is 2.44 bits per heavy atom. The Labute approximate surface area is 96.7 Å². The molecule has 1 aromatic carbocycles. The molecular formula is C13H20FNO. The van der Waals surface area contributed by atoms with Gasteiger partial charge in [-0.25, -0.2) is 4.39 Å². The van der Waals surface area contributed by atoms with E-state index in [1.165, 1.54) is 12.1 Å². The quantitative estimate of drug-likeness (QED) is 0.851. The van der Waals surface area contributed by atoms with Crippen molar-refractivity contribution in [1.82, 2.24) is 0 Å². The van der Waals surface area contributed by atoms with Gasteiger partial charge in [0.25, 0.3) is 0 Å². The van der Waals surface area contributed by atoms with Gasteiger partial charge in [-0.05, 0) is 31.0 Å². The van der Waals surface area contributed by atoms with Gasteiger partial charge in [0.2, 0.25) is 0 Å². The van der Waals surface area contributed by atoms with Gasteiger partial charge >= 0.3 is 0 Å². The Morgan fingerprint density at radius 1 is 1.31 bits per heavy atom. The maximum atomic E-state index is 13.1. The molecule has 0 aliphatic rings. The van der Waals surface area contributed by atoms with Crippen molar-refractivity contribution >= 4 is 5.69 Å². The minimum Gasteiger partial charge on any atom is -0.389 e. The summed E-state index contributed by atoms with van der Waals surface area (Å²) in [6, 6.07) is 4.55. The topological polar surface area (TPSA) is 23.5 Å². The van der Waals surface area contributed by atoms with E-state index in [9.17, 15) is 9.50 Å². The molecule has 0 aliphatic heterocycles. The Hall–Kier alpha value is -1.09. The SMILES string of the molecule is CC(C)CN(C)c1ccc(F)cc1C(C)O. The van der Waals surface area contributed by atoms with Gasteiger partial charge in [-0.3, -0.25) is 0 Å². The number of halogens is 1. The molecule has 0 saturated carbocycles. The maximum Gasteiger partial charge on any atom is 0.123 e. The van der Waals surface area contributed by atoms with Crippen LogP contribution in [-0.4, -0.2) is 18.7 Å². The van der Waals surface area contributed by atoms with E-state index in [0.29, 0.717) is 11.5 Å². The van der Waals surface area contributed by atoms with Gasteiger partial charge < -0.3 is 10.0 Å². The van der Waals surface area contributed by atoms with Crippen LogP contribution in [0.25, 0.3) is 0 Å². The van der Waals surface area contributed by atoms with Crippen LogP contribution in [0.15, 0.2) is 18.2 Å². The highest BCUT2D eigenvalue weighted by Crippen LogP contribution is 2.26. The van der Waals surface area contributed by atoms with Crippen molar-refractivity contribution in [3.05, 3.63) is 29.6 Å². The Kier molecular flexibility index (Phi) is 4.30. The van der Waals surface area contributed by atoms with Gasteiger partial charge in [-0.2, -0.15) is 0 Å². The van der Waals surface area contributed by atoms with Gasteiger partial charge in [-0.1, -0.05) is 13.8 Å². The molecule has 1 atom stereocenters. The molecule has 0 amide bonds. The average Bonchev–Trinajstić information content (AvgIpc) is 2.16. The summed E-state index contributed by atoms with van der Waals surface area (Å²) >= 11 is 0. The molecular weight excluding hydrogens is 205 g/mol. The number of benzene rings is 1. The molecule has 3 heteroatoms. The predicted molar refractivity (Wildman–Crippen MR) is 65.1 cm³/mol. The minimum absolute atomic E-state index is 0.308. The molecule has 0 aromatic heterocycles. The van der Waals surface area contributed by atoms with Crippen LogP contribution in [0.1, 0.15) is 32.4 Å². The third kappa shape index (κ3) is 3.20. The minimum atomic E-state index is -0.652. The maximum absolute atomic E-state index is 13.1. The van der Waals surface area contributed by atoms with Gasteiger partial charge in [0.05, 0.1) is 6.10 Å². The zero-order chi connectivity index (χ0) is 12.3. The first-order chi connectivity index (χ1) is 7.41. The Balaban J connectivity index is 3.02. The zero-order valence-electron chi connectivity index (χ0n) is 10.4. The lowest BCUT2D eigenvalue weighted by Crippen LogP contribution is -2.24. The summed E-state index contributed by atoms with van der Waals surface area (Å²) in [7, 11) is 1.96. The summed E-state index contributed by atoms with van der Waals surface area (Å²) in [5.74, 6) is 0.217. The largest absolute Gasteiger partial charge is 0.389 e. The zero-order valence-corrected chi connectivity index (χ0v) is 10.4. The molecule has 0 heterocycles. The van der Waals surface area contributed by atoms with Gasteiger partial charge in [0, 0.05) is 24.8 Å². The number of aliphatic hydroxyl groups excluding tert-OH is 1. The molecule has 0 aliphatic carbocycles. The highest BCUT2D eigenvalue weighted by molar-refractivity contribution is 5.54. The van der Waals surface area contributed by atoms with Crippen molar-refractivity contribution in [3.8, 4) is 0 Å². The van der Waals surface area contributed by atoms with Crippen molar-refractivity contribution in [2.45, 2.75) is 26.9 Å². The molecule has 1 rings (SSSR count). The first kappa shape index (κ1) is 13.0. The van der Waals surface area contributed by atoms with Crippen LogP contribution in [0.3, 0.4) is 0 Å². The molecule has 1 aromatic rings. The number of nitrogens with zero attached hydrogens (tertiary/aromatic N) is 1. The fraction of sp³-hybridized carbons (Fsp3) is 0.538. The van der Waals surface area contributed by atoms with Crippen molar-refractivity contribution in [3.63, 3.8) is 0 Å². The van der Waals surface area contributed by atoms with E-state index < -0.39 is 6.10 Å². The average molecular weight is 225 g/mol. The molecule has 16 heavy (non-hydrogen) atoms. The van der Waals surface area contributed by atoms with Crippen molar-refractivity contribution < 1.29 is 9.50 Å². The van der Waals surface area contributed by atoms with Gasteiger partial charge in [0.15, 0.2) is 0 Å². The third-order valence-electron chi connectivity index (χ3n) is 2.49. The normalized spacial score (nSPS) is 12.9. The molecule has 90 valence electrons. The second-order valence-electron chi connectivity index (χ2n) is 4.65. The number of rotatable bonds is 4. The second-order valence-corrected chi connectivity index (χ2v) is 4.65. The summed E-state index contributed by atoms with van der Waals surface area (Å²) in [4.78, 5) is 2.05. The van der Waals surface area contributed by atoms with E-state index in [1.807, 2.05) is 11.9 Å². The van der Waals surface area contributed by atoms with Gasteiger partial charge in [-0.15, -0.1) is 0 Å². The highest BCUT2D eigenvalue weighted by atomic mass is 19.1. The second kappa shape index (κ2) is 5.30. The van der Waals surface area contributed by atoms with E-state index in [0.717, 1.165) is 12.2 Å². The standard InChI is InChI=1S/C13H20FNO/c1-9(2)8-15(4)13-6-5-11(14)7-12(13)10(3)16/h5-7,9-10,16H,8H2,1-4H3. The predicted octanol–water partition coefficient (Wildman–Crippen LogP) is 2.97. The first-order valence-electron chi connectivity index (χ1n) is 5.60. The molecule has 0 radical (unpaired) electrons. The summed E-state index contributed by atoms with van der Waals surface area (Å²) in [5, 5.41) is 9.62. The number of hydrogen-bond acceptors (Lipinski definition) is 2. The van der Waals surface area contributed by atoms with Crippen LogP contribution in [0.2, 0.25) is 0 Å². The molecule has 0 fully saturated rings. The monoisotopic (exact) mass is 225 g/mol. The van der Waals surface area contributed by atoms with Crippen LogP contribution in [0.5, 0.6) is 0 Å². The molecule has 1 unspecified atom stereocenters. The van der Waals surface area contributed by atoms with Crippen LogP contribution < -0.4 is 4.90 Å². The summed E-state index contributed by atoms with van der Waals surface area (Å²) in [6.07, 6.45) is -0.652. The molecule has 1 N–H and O–H groups in total. The first-order valence-corrected chi connectivity index (χ1v) is 5.60. The lowest BCUT2D eigenvalue weighted by Gasteiger charge is -2.25. The van der Waals surface area contributed by atoms with E-state index in [1.54, 1.807) is 13.0 Å². The van der Waals surface area contributed by atoms with Crippen molar-refractivity contribution in [2.24, 2.45) is 5.92 Å². The van der Waals surface area contributed by atoms with Crippen molar-refractivity contribution in [1.29, 1.82) is 0 Å². The van der Waals surface area contributed by atoms with Crippen LogP contribution >= 0.6 is 0 Å². The van der Waals surface area contributed by atoms with Crippen LogP contribution in [0, 0.1) is 11.7 Å². The fourth-order valence-electron chi connectivity index (χ4n) is 1.85. The highest BCUT2D eigenvalue weighted by Gasteiger charge is 2.13. The summed E-state index contributed by atoms with van der Waals surface area (Å²) in [6.45, 7) is 6.79. The number of aliphatic hydroxyl groups is 1. The summed E-state index contributed by atoms with van der Waals surface area (Å²) < 4.78 is 13.1. The van der Waals surface area contributed by atoms with Crippen LogP contribution in [0.4, 0.5) is 10.1 Å². The fourth-order valence-corrected chi connectivity index (χ4v) is 1.85. The van der Waals surface area contributed by atoms with Crippen molar-refractivity contribution in [2.75, 3.05) is 18.5 Å². The summed E-state index contributed by atoms with van der Waals surface area (Å²) in [5.41, 5.74) is 1.54. The van der Waals surface area contributed by atoms with Crippen LogP contribution in [-0.2, 0) is 0 Å². The smallest absolute Gasteiger partial charge is 0.123 e. The van der Waals surface area contributed by atoms with E-state index in [2.05, 4.69) is 13.8 Å².